The number of anilines is 1. The minimum atomic E-state index is -0.697. The van der Waals surface area contributed by atoms with Crippen LogP contribution in [0.3, 0.4) is 0 Å². The van der Waals surface area contributed by atoms with Crippen molar-refractivity contribution in [2.24, 2.45) is 0 Å². The van der Waals surface area contributed by atoms with E-state index in [1.54, 1.807) is 13.1 Å². The number of aromatic nitrogens is 1. The Morgan fingerprint density at radius 3 is 2.78 bits per heavy atom. The smallest absolute Gasteiger partial charge is 0.320 e. The van der Waals surface area contributed by atoms with E-state index in [4.69, 9.17) is 38.4 Å². The molecule has 0 aliphatic carbocycles. The Balaban J connectivity index is 1.34. The lowest BCUT2D eigenvalue weighted by Gasteiger charge is -2.35. The molecule has 0 saturated carbocycles. The molecule has 1 aromatic carbocycles. The van der Waals surface area contributed by atoms with Crippen molar-refractivity contribution in [1.29, 1.82) is 0 Å². The number of benzene rings is 1. The zero-order valence-electron chi connectivity index (χ0n) is 19.9. The molecule has 36 heavy (non-hydrogen) atoms. The molecule has 3 N–H and O–H groups in total. The van der Waals surface area contributed by atoms with Gasteiger partial charge in [0.25, 0.3) is 0 Å². The third-order valence-corrected chi connectivity index (χ3v) is 7.66. The first-order valence-corrected chi connectivity index (χ1v) is 12.8. The van der Waals surface area contributed by atoms with E-state index in [1.807, 2.05) is 9.80 Å². The summed E-state index contributed by atoms with van der Waals surface area (Å²) in [4.78, 5) is 21.0. The minimum absolute atomic E-state index is 0.0106. The van der Waals surface area contributed by atoms with Crippen LogP contribution >= 0.6 is 23.2 Å². The highest BCUT2D eigenvalue weighted by atomic mass is 35.5. The van der Waals surface area contributed by atoms with Crippen molar-refractivity contribution in [2.75, 3.05) is 51.6 Å². The Hall–Kier alpha value is -2.75. The van der Waals surface area contributed by atoms with Gasteiger partial charge >= 0.3 is 6.03 Å². The first-order chi connectivity index (χ1) is 17.3. The quantitative estimate of drug-likeness (QED) is 0.445. The number of hydrogen-bond donors (Lipinski definition) is 2. The van der Waals surface area contributed by atoms with Crippen LogP contribution in [0.4, 0.5) is 15.0 Å². The van der Waals surface area contributed by atoms with Crippen LogP contribution in [0.5, 0.6) is 11.5 Å². The number of urea groups is 1. The van der Waals surface area contributed by atoms with Crippen molar-refractivity contribution < 1.29 is 18.7 Å². The average Bonchev–Trinajstić information content (AvgIpc) is 3.33. The summed E-state index contributed by atoms with van der Waals surface area (Å²) in [7, 11) is 0. The van der Waals surface area contributed by atoms with Gasteiger partial charge in [-0.05, 0) is 25.5 Å². The van der Waals surface area contributed by atoms with Crippen LogP contribution in [0.15, 0.2) is 30.0 Å². The number of nitrogen functional groups attached to an aromatic ring is 1. The second-order valence-electron chi connectivity index (χ2n) is 9.13. The summed E-state index contributed by atoms with van der Waals surface area (Å²) in [6.45, 7) is 6.46. The maximum absolute atomic E-state index is 14.1. The lowest BCUT2D eigenvalue weighted by atomic mass is 9.89. The number of piperazine rings is 1. The number of halogens is 3. The van der Waals surface area contributed by atoms with Gasteiger partial charge in [-0.2, -0.15) is 0 Å². The largest absolute Gasteiger partial charge is 0.488 e. The van der Waals surface area contributed by atoms with E-state index >= 15 is 0 Å². The van der Waals surface area contributed by atoms with Gasteiger partial charge in [-0.3, -0.25) is 0 Å². The molecule has 1 fully saturated rings. The number of hydrogen-bond acceptors (Lipinski definition) is 6. The van der Waals surface area contributed by atoms with E-state index < -0.39 is 11.9 Å². The van der Waals surface area contributed by atoms with Crippen molar-refractivity contribution in [3.8, 4) is 11.5 Å². The number of ether oxygens (including phenoxy) is 2. The first-order valence-electron chi connectivity index (χ1n) is 12.0. The molecule has 3 aliphatic rings. The highest BCUT2D eigenvalue weighted by Gasteiger charge is 2.35. The highest BCUT2D eigenvalue weighted by molar-refractivity contribution is 6.36. The van der Waals surface area contributed by atoms with E-state index in [0.717, 1.165) is 38.2 Å². The Morgan fingerprint density at radius 2 is 2.06 bits per heavy atom. The molecule has 0 bridgehead atoms. The number of carbonyl (C=O) groups excluding carboxylic acids is 1. The summed E-state index contributed by atoms with van der Waals surface area (Å²) < 4.78 is 26.2. The number of pyridine rings is 1. The van der Waals surface area contributed by atoms with Crippen LogP contribution in [0.1, 0.15) is 36.5 Å². The number of nitrogens with two attached hydrogens (primary N) is 1. The molecule has 2 atom stereocenters. The fourth-order valence-electron chi connectivity index (χ4n) is 4.96. The molecule has 11 heteroatoms. The fourth-order valence-corrected chi connectivity index (χ4v) is 5.64. The van der Waals surface area contributed by atoms with Gasteiger partial charge in [0.1, 0.15) is 11.9 Å². The van der Waals surface area contributed by atoms with Crippen LogP contribution in [0, 0.1) is 5.82 Å². The Kier molecular flexibility index (Phi) is 7.14. The monoisotopic (exact) mass is 535 g/mol. The van der Waals surface area contributed by atoms with Gasteiger partial charge in [-0.1, -0.05) is 34.9 Å². The van der Waals surface area contributed by atoms with Crippen LogP contribution < -0.4 is 20.5 Å². The molecular formula is C25H28Cl2FN5O3. The number of nitrogens with one attached hydrogen (secondary N) is 1. The minimum Gasteiger partial charge on any atom is -0.488 e. The molecule has 8 nitrogen and oxygen atoms in total. The highest BCUT2D eigenvalue weighted by Crippen LogP contribution is 2.48. The SMILES string of the molecule is C[C@@H](Oc1c(N)ncc2c1OCC2C1=CCN(C(=O)N2CCNCC2)CC1)c1c(Cl)ccc(F)c1Cl. The van der Waals surface area contributed by atoms with Gasteiger partial charge in [0.05, 0.1) is 11.6 Å². The van der Waals surface area contributed by atoms with E-state index in [1.165, 1.54) is 17.7 Å². The van der Waals surface area contributed by atoms with Crippen LogP contribution in [-0.2, 0) is 0 Å². The van der Waals surface area contributed by atoms with E-state index in [2.05, 4.69) is 16.4 Å². The van der Waals surface area contributed by atoms with Gasteiger partial charge in [0, 0.05) is 67.5 Å². The molecule has 0 spiro atoms. The standard InChI is InChI=1S/C25H28Cl2FN5O3/c1-14(20-18(26)2-3-19(28)21(20)27)36-23-22-16(12-31-24(23)29)17(13-35-22)15-4-8-32(9-5-15)25(34)33-10-6-30-7-11-33/h2-4,12,14,17,30H,5-11,13H2,1H3,(H2,29,31)/t14-,17?/m1/s1. The molecule has 0 radical (unpaired) electrons. The van der Waals surface area contributed by atoms with E-state index in [0.29, 0.717) is 36.0 Å². The predicted molar refractivity (Wildman–Crippen MR) is 136 cm³/mol. The molecule has 2 aromatic rings. The molecule has 2 amide bonds. The summed E-state index contributed by atoms with van der Waals surface area (Å²) in [6.07, 6.45) is 3.87. The average molecular weight is 536 g/mol. The van der Waals surface area contributed by atoms with Crippen molar-refractivity contribution in [1.82, 2.24) is 20.1 Å². The molecule has 1 unspecified atom stereocenters. The van der Waals surface area contributed by atoms with Gasteiger partial charge in [-0.25, -0.2) is 14.2 Å². The molecule has 3 aliphatic heterocycles. The lowest BCUT2D eigenvalue weighted by Crippen LogP contribution is -2.52. The number of carbonyl (C=O) groups is 1. The summed E-state index contributed by atoms with van der Waals surface area (Å²) in [5.74, 6) is 0.369. The fraction of sp³-hybridized carbons (Fsp3) is 0.440. The van der Waals surface area contributed by atoms with Crippen molar-refractivity contribution in [3.63, 3.8) is 0 Å². The summed E-state index contributed by atoms with van der Waals surface area (Å²) in [5, 5.41) is 3.46. The zero-order chi connectivity index (χ0) is 25.4. The van der Waals surface area contributed by atoms with Gasteiger partial charge in [0.15, 0.2) is 11.6 Å². The van der Waals surface area contributed by atoms with Gasteiger partial charge < -0.3 is 30.3 Å². The third kappa shape index (κ3) is 4.67. The maximum atomic E-state index is 14.1. The second kappa shape index (κ2) is 10.3. The number of amides is 2. The summed E-state index contributed by atoms with van der Waals surface area (Å²) in [6, 6.07) is 2.73. The number of fused-ring (bicyclic) bond motifs is 1. The Morgan fingerprint density at radius 1 is 1.28 bits per heavy atom. The van der Waals surface area contributed by atoms with Crippen molar-refractivity contribution in [3.05, 3.63) is 57.0 Å². The number of nitrogens with zero attached hydrogens (tertiary/aromatic N) is 3. The maximum Gasteiger partial charge on any atom is 0.320 e. The third-order valence-electron chi connectivity index (χ3n) is 6.94. The molecule has 4 heterocycles. The van der Waals surface area contributed by atoms with E-state index in [9.17, 15) is 9.18 Å². The van der Waals surface area contributed by atoms with Gasteiger partial charge in [-0.15, -0.1) is 0 Å². The Labute approximate surface area is 219 Å². The van der Waals surface area contributed by atoms with Crippen LogP contribution in [-0.4, -0.2) is 66.7 Å². The first kappa shape index (κ1) is 24.9. The second-order valence-corrected chi connectivity index (χ2v) is 9.92. The zero-order valence-corrected chi connectivity index (χ0v) is 21.4. The van der Waals surface area contributed by atoms with Crippen molar-refractivity contribution >= 4 is 35.1 Å². The predicted octanol–water partition coefficient (Wildman–Crippen LogP) is 4.38. The molecular weight excluding hydrogens is 508 g/mol. The topological polar surface area (TPSA) is 93.0 Å². The van der Waals surface area contributed by atoms with Gasteiger partial charge in [0.2, 0.25) is 5.75 Å². The molecule has 5 rings (SSSR count). The molecule has 1 saturated heterocycles. The summed E-state index contributed by atoms with van der Waals surface area (Å²) in [5.41, 5.74) is 8.54. The lowest BCUT2D eigenvalue weighted by molar-refractivity contribution is 0.149. The summed E-state index contributed by atoms with van der Waals surface area (Å²) >= 11 is 12.4. The van der Waals surface area contributed by atoms with E-state index in [-0.39, 0.29) is 28.5 Å². The normalized spacial score (nSPS) is 20.4. The Bertz CT molecular complexity index is 1200. The van der Waals surface area contributed by atoms with Crippen LogP contribution in [0.25, 0.3) is 0 Å². The molecule has 192 valence electrons. The van der Waals surface area contributed by atoms with Crippen molar-refractivity contribution in [2.45, 2.75) is 25.4 Å². The molecule has 1 aromatic heterocycles. The number of rotatable bonds is 4. The van der Waals surface area contributed by atoms with Crippen LogP contribution in [0.2, 0.25) is 10.0 Å².